The van der Waals surface area contributed by atoms with Crippen LogP contribution in [0.5, 0.6) is 0 Å². The van der Waals surface area contributed by atoms with E-state index in [1.165, 1.54) is 11.8 Å². The molecule has 6 nitrogen and oxygen atoms in total. The molecule has 3 aromatic rings. The van der Waals surface area contributed by atoms with Crippen molar-refractivity contribution < 1.29 is 4.79 Å². The van der Waals surface area contributed by atoms with Crippen molar-refractivity contribution in [3.8, 4) is 5.69 Å². The van der Waals surface area contributed by atoms with Gasteiger partial charge in [0.05, 0.1) is 16.7 Å². The predicted molar refractivity (Wildman–Crippen MR) is 105 cm³/mol. The second kappa shape index (κ2) is 8.33. The fraction of sp³-hybridized carbons (Fsp3) is 0.222. The molecule has 1 aromatic heterocycles. The van der Waals surface area contributed by atoms with Crippen LogP contribution in [-0.4, -0.2) is 31.4 Å². The van der Waals surface area contributed by atoms with Crippen LogP contribution in [0.3, 0.4) is 0 Å². The van der Waals surface area contributed by atoms with Crippen LogP contribution in [0.4, 0.5) is 5.69 Å². The average molecular weight is 388 g/mol. The number of hydrogen-bond donors (Lipinski definition) is 1. The number of tetrazole rings is 1. The zero-order valence-electron chi connectivity index (χ0n) is 14.4. The summed E-state index contributed by atoms with van der Waals surface area (Å²) in [6, 6.07) is 15.1. The lowest BCUT2D eigenvalue weighted by Gasteiger charge is -2.14. The Hall–Kier alpha value is -2.38. The zero-order valence-corrected chi connectivity index (χ0v) is 16.0. The van der Waals surface area contributed by atoms with E-state index < -0.39 is 0 Å². The SMILES string of the molecule is Cc1c(Cl)cccc1NC(=O)C(C)SCc1nnnn1-c1ccccc1. The number of carbonyl (C=O) groups excluding carboxylic acids is 1. The lowest BCUT2D eigenvalue weighted by atomic mass is 10.2. The monoisotopic (exact) mass is 387 g/mol. The molecule has 3 rings (SSSR count). The van der Waals surface area contributed by atoms with Crippen molar-refractivity contribution in [2.24, 2.45) is 0 Å². The third kappa shape index (κ3) is 4.23. The molecule has 1 unspecified atom stereocenters. The molecule has 1 heterocycles. The van der Waals surface area contributed by atoms with E-state index in [1.807, 2.05) is 56.3 Å². The summed E-state index contributed by atoms with van der Waals surface area (Å²) < 4.78 is 1.68. The van der Waals surface area contributed by atoms with E-state index in [0.29, 0.717) is 16.6 Å². The quantitative estimate of drug-likeness (QED) is 0.694. The minimum atomic E-state index is -0.269. The molecule has 2 aromatic carbocycles. The Morgan fingerprint density at radius 3 is 2.77 bits per heavy atom. The van der Waals surface area contributed by atoms with Crippen molar-refractivity contribution in [1.82, 2.24) is 20.2 Å². The molecule has 0 bridgehead atoms. The van der Waals surface area contributed by atoms with Gasteiger partial charge in [-0.2, -0.15) is 4.68 Å². The van der Waals surface area contributed by atoms with E-state index in [1.54, 1.807) is 10.7 Å². The van der Waals surface area contributed by atoms with Gasteiger partial charge in [-0.25, -0.2) is 0 Å². The summed E-state index contributed by atoms with van der Waals surface area (Å²) in [6.45, 7) is 3.74. The van der Waals surface area contributed by atoms with Gasteiger partial charge in [0, 0.05) is 10.7 Å². The Bertz CT molecular complexity index is 900. The Morgan fingerprint density at radius 2 is 2.00 bits per heavy atom. The third-order valence-corrected chi connectivity index (χ3v) is 5.44. The molecule has 0 spiro atoms. The van der Waals surface area contributed by atoms with Crippen LogP contribution < -0.4 is 5.32 Å². The first-order valence-electron chi connectivity index (χ1n) is 8.06. The van der Waals surface area contributed by atoms with Crippen LogP contribution in [0.25, 0.3) is 5.69 Å². The lowest BCUT2D eigenvalue weighted by molar-refractivity contribution is -0.115. The number of benzene rings is 2. The molecule has 0 saturated carbocycles. The second-order valence-corrected chi connectivity index (χ2v) is 7.43. The predicted octanol–water partition coefficient (Wildman–Crippen LogP) is 3.88. The maximum Gasteiger partial charge on any atom is 0.237 e. The molecular formula is C18H18ClN5OS. The Morgan fingerprint density at radius 1 is 1.23 bits per heavy atom. The fourth-order valence-corrected chi connectivity index (χ4v) is 3.28. The molecule has 0 aliphatic rings. The number of para-hydroxylation sites is 1. The average Bonchev–Trinajstić information content (AvgIpc) is 3.12. The molecule has 134 valence electrons. The zero-order chi connectivity index (χ0) is 18.5. The number of nitrogens with one attached hydrogen (secondary N) is 1. The van der Waals surface area contributed by atoms with Crippen molar-refractivity contribution in [3.05, 3.63) is 64.9 Å². The summed E-state index contributed by atoms with van der Waals surface area (Å²) in [4.78, 5) is 12.5. The normalized spacial score (nSPS) is 12.0. The standard InChI is InChI=1S/C18H18ClN5OS/c1-12-15(19)9-6-10-16(12)20-18(25)13(2)26-11-17-21-22-23-24(17)14-7-4-3-5-8-14/h3-10,13H,11H2,1-2H3,(H,20,25). The summed E-state index contributed by atoms with van der Waals surface area (Å²) >= 11 is 7.57. The van der Waals surface area contributed by atoms with Crippen molar-refractivity contribution >= 4 is 35.0 Å². The Balaban J connectivity index is 1.63. The minimum absolute atomic E-state index is 0.0842. The number of rotatable bonds is 6. The molecule has 8 heteroatoms. The summed E-state index contributed by atoms with van der Waals surface area (Å²) in [5.74, 6) is 1.13. The third-order valence-electron chi connectivity index (χ3n) is 3.89. The largest absolute Gasteiger partial charge is 0.325 e. The first-order chi connectivity index (χ1) is 12.6. The van der Waals surface area contributed by atoms with Gasteiger partial charge in [0.15, 0.2) is 5.82 Å². The minimum Gasteiger partial charge on any atom is -0.325 e. The van der Waals surface area contributed by atoms with E-state index in [0.717, 1.165) is 16.9 Å². The van der Waals surface area contributed by atoms with Gasteiger partial charge in [-0.3, -0.25) is 4.79 Å². The Labute approximate surface area is 160 Å². The van der Waals surface area contributed by atoms with E-state index >= 15 is 0 Å². The maximum atomic E-state index is 12.5. The van der Waals surface area contributed by atoms with Crippen LogP contribution in [0.2, 0.25) is 5.02 Å². The number of thioether (sulfide) groups is 1. The highest BCUT2D eigenvalue weighted by atomic mass is 35.5. The molecule has 1 N–H and O–H groups in total. The first kappa shape index (κ1) is 18.4. The van der Waals surface area contributed by atoms with E-state index in [2.05, 4.69) is 20.8 Å². The van der Waals surface area contributed by atoms with E-state index in [9.17, 15) is 4.79 Å². The fourth-order valence-electron chi connectivity index (χ4n) is 2.32. The molecule has 0 fully saturated rings. The van der Waals surface area contributed by atoms with Gasteiger partial charge in [0.2, 0.25) is 5.91 Å². The molecule has 26 heavy (non-hydrogen) atoms. The molecule has 1 atom stereocenters. The summed E-state index contributed by atoms with van der Waals surface area (Å²) in [5.41, 5.74) is 2.47. The topological polar surface area (TPSA) is 72.7 Å². The second-order valence-electron chi connectivity index (χ2n) is 5.70. The van der Waals surface area contributed by atoms with Gasteiger partial charge < -0.3 is 5.32 Å². The summed E-state index contributed by atoms with van der Waals surface area (Å²) in [5, 5.41) is 15.1. The van der Waals surface area contributed by atoms with Crippen molar-refractivity contribution in [3.63, 3.8) is 0 Å². The van der Waals surface area contributed by atoms with Crippen molar-refractivity contribution in [2.45, 2.75) is 24.9 Å². The highest BCUT2D eigenvalue weighted by Crippen LogP contribution is 2.25. The number of amides is 1. The van der Waals surface area contributed by atoms with Crippen molar-refractivity contribution in [2.75, 3.05) is 5.32 Å². The molecule has 0 saturated heterocycles. The summed E-state index contributed by atoms with van der Waals surface area (Å²) in [6.07, 6.45) is 0. The van der Waals surface area contributed by atoms with Crippen LogP contribution in [0, 0.1) is 6.92 Å². The molecular weight excluding hydrogens is 370 g/mol. The Kier molecular flexibility index (Phi) is 5.90. The van der Waals surface area contributed by atoms with Crippen LogP contribution in [0.1, 0.15) is 18.3 Å². The van der Waals surface area contributed by atoms with Gasteiger partial charge in [-0.1, -0.05) is 35.9 Å². The molecule has 0 aliphatic heterocycles. The van der Waals surface area contributed by atoms with E-state index in [4.69, 9.17) is 11.6 Å². The van der Waals surface area contributed by atoms with Gasteiger partial charge in [0.1, 0.15) is 0 Å². The van der Waals surface area contributed by atoms with Gasteiger partial charge in [-0.15, -0.1) is 16.9 Å². The maximum absolute atomic E-state index is 12.5. The first-order valence-corrected chi connectivity index (χ1v) is 9.49. The molecule has 0 aliphatic carbocycles. The molecule has 1 amide bonds. The number of hydrogen-bond acceptors (Lipinski definition) is 5. The van der Waals surface area contributed by atoms with Crippen molar-refractivity contribution in [1.29, 1.82) is 0 Å². The number of aromatic nitrogens is 4. The number of halogens is 1. The van der Waals surface area contributed by atoms with Gasteiger partial charge in [-0.05, 0) is 54.1 Å². The highest BCUT2D eigenvalue weighted by Gasteiger charge is 2.17. The van der Waals surface area contributed by atoms with Gasteiger partial charge >= 0.3 is 0 Å². The summed E-state index contributed by atoms with van der Waals surface area (Å²) in [7, 11) is 0. The van der Waals surface area contributed by atoms with Crippen LogP contribution >= 0.6 is 23.4 Å². The number of anilines is 1. The number of carbonyl (C=O) groups is 1. The van der Waals surface area contributed by atoms with E-state index in [-0.39, 0.29) is 11.2 Å². The van der Waals surface area contributed by atoms with Crippen LogP contribution in [-0.2, 0) is 10.5 Å². The molecule has 0 radical (unpaired) electrons. The lowest BCUT2D eigenvalue weighted by Crippen LogP contribution is -2.23. The highest BCUT2D eigenvalue weighted by molar-refractivity contribution is 7.99. The van der Waals surface area contributed by atoms with Crippen LogP contribution in [0.15, 0.2) is 48.5 Å². The van der Waals surface area contributed by atoms with Gasteiger partial charge in [0.25, 0.3) is 0 Å². The smallest absolute Gasteiger partial charge is 0.237 e. The number of nitrogens with zero attached hydrogens (tertiary/aromatic N) is 4.